The second-order valence-electron chi connectivity index (χ2n) is 6.73. The van der Waals surface area contributed by atoms with Gasteiger partial charge in [-0.1, -0.05) is 41.1 Å². The van der Waals surface area contributed by atoms with E-state index in [1.165, 1.54) is 0 Å². The summed E-state index contributed by atoms with van der Waals surface area (Å²) in [6.07, 6.45) is 2.12. The molecule has 1 aliphatic carbocycles. The maximum atomic E-state index is 13.0. The number of allylic oxidation sites excluding steroid dienone is 2. The summed E-state index contributed by atoms with van der Waals surface area (Å²) in [5.41, 5.74) is 3.22. The van der Waals surface area contributed by atoms with Crippen molar-refractivity contribution in [1.29, 1.82) is 0 Å². The molecule has 144 valence electrons. The van der Waals surface area contributed by atoms with Crippen LogP contribution in [0.3, 0.4) is 0 Å². The van der Waals surface area contributed by atoms with Gasteiger partial charge in [0.1, 0.15) is 12.5 Å². The van der Waals surface area contributed by atoms with Crippen LogP contribution >= 0.6 is 27.7 Å². The van der Waals surface area contributed by atoms with Gasteiger partial charge in [-0.3, -0.25) is 14.6 Å². The van der Waals surface area contributed by atoms with E-state index in [0.717, 1.165) is 45.8 Å². The molecule has 0 fully saturated rings. The molecular weight excluding hydrogens is 426 g/mol. The minimum Gasteiger partial charge on any atom is -0.464 e. The number of aliphatic imine (C=N–C) groups is 1. The van der Waals surface area contributed by atoms with Crippen molar-refractivity contribution in [3.05, 3.63) is 45.6 Å². The van der Waals surface area contributed by atoms with E-state index >= 15 is 0 Å². The Morgan fingerprint density at radius 3 is 2.85 bits per heavy atom. The molecule has 4 nitrogen and oxygen atoms in total. The minimum atomic E-state index is -0.559. The molecule has 1 aliphatic heterocycles. The Balaban J connectivity index is 1.99. The molecule has 0 radical (unpaired) electrons. The molecule has 0 saturated heterocycles. The number of thioether (sulfide) groups is 1. The predicted molar refractivity (Wildman–Crippen MR) is 113 cm³/mol. The zero-order valence-electron chi connectivity index (χ0n) is 15.7. The molecule has 0 N–H and O–H groups in total. The molecule has 3 rings (SSSR count). The molecule has 0 saturated carbocycles. The monoisotopic (exact) mass is 449 g/mol. The van der Waals surface area contributed by atoms with Crippen LogP contribution < -0.4 is 0 Å². The van der Waals surface area contributed by atoms with Crippen LogP contribution in [0.25, 0.3) is 0 Å². The van der Waals surface area contributed by atoms with Crippen molar-refractivity contribution in [3.8, 4) is 0 Å². The van der Waals surface area contributed by atoms with Gasteiger partial charge >= 0.3 is 5.97 Å². The molecule has 2 aliphatic rings. The fraction of sp³-hybridized carbons (Fsp3) is 0.476. The second-order valence-corrected chi connectivity index (χ2v) is 8.98. The average Bonchev–Trinajstić information content (AvgIpc) is 2.65. The van der Waals surface area contributed by atoms with Gasteiger partial charge in [-0.15, -0.1) is 0 Å². The van der Waals surface area contributed by atoms with Crippen molar-refractivity contribution in [1.82, 2.24) is 0 Å². The van der Waals surface area contributed by atoms with Crippen molar-refractivity contribution < 1.29 is 14.3 Å². The van der Waals surface area contributed by atoms with Crippen molar-refractivity contribution in [2.75, 3.05) is 18.1 Å². The second kappa shape index (κ2) is 9.20. The SMILES string of the molecule is CCSCCOC(=O)C1C(C)=NC2=C(C(=O)CCC2)[C@H]1c1ccccc1Br. The van der Waals surface area contributed by atoms with Gasteiger partial charge in [0, 0.05) is 39.5 Å². The van der Waals surface area contributed by atoms with Gasteiger partial charge in [0.05, 0.1) is 0 Å². The summed E-state index contributed by atoms with van der Waals surface area (Å²) in [7, 11) is 0. The van der Waals surface area contributed by atoms with E-state index in [-0.39, 0.29) is 17.7 Å². The molecule has 0 bridgehead atoms. The quantitative estimate of drug-likeness (QED) is 0.456. The van der Waals surface area contributed by atoms with E-state index < -0.39 is 5.92 Å². The Morgan fingerprint density at radius 1 is 1.33 bits per heavy atom. The normalized spacial score (nSPS) is 22.3. The third kappa shape index (κ3) is 4.37. The topological polar surface area (TPSA) is 55.7 Å². The average molecular weight is 450 g/mol. The van der Waals surface area contributed by atoms with E-state index in [1.54, 1.807) is 11.8 Å². The van der Waals surface area contributed by atoms with Crippen LogP contribution in [0.5, 0.6) is 0 Å². The zero-order valence-corrected chi connectivity index (χ0v) is 18.1. The first-order valence-electron chi connectivity index (χ1n) is 9.34. The summed E-state index contributed by atoms with van der Waals surface area (Å²) < 4.78 is 6.47. The fourth-order valence-electron chi connectivity index (χ4n) is 3.81. The summed E-state index contributed by atoms with van der Waals surface area (Å²) in [6, 6.07) is 7.80. The smallest absolute Gasteiger partial charge is 0.315 e. The molecule has 6 heteroatoms. The third-order valence-electron chi connectivity index (χ3n) is 5.00. The number of hydrogen-bond acceptors (Lipinski definition) is 5. The van der Waals surface area contributed by atoms with E-state index in [4.69, 9.17) is 4.74 Å². The van der Waals surface area contributed by atoms with E-state index in [2.05, 4.69) is 27.8 Å². The summed E-state index contributed by atoms with van der Waals surface area (Å²) in [5.74, 6) is 0.679. The van der Waals surface area contributed by atoms with Crippen LogP contribution in [0.1, 0.15) is 44.6 Å². The summed E-state index contributed by atoms with van der Waals surface area (Å²) in [4.78, 5) is 30.4. The summed E-state index contributed by atoms with van der Waals surface area (Å²) in [6.45, 7) is 4.33. The van der Waals surface area contributed by atoms with Crippen molar-refractivity contribution in [2.24, 2.45) is 10.9 Å². The van der Waals surface area contributed by atoms with Gasteiger partial charge in [0.15, 0.2) is 5.78 Å². The van der Waals surface area contributed by atoms with Crippen LogP contribution in [0, 0.1) is 5.92 Å². The number of carbonyl (C=O) groups excluding carboxylic acids is 2. The first-order valence-corrected chi connectivity index (χ1v) is 11.3. The van der Waals surface area contributed by atoms with Crippen molar-refractivity contribution in [3.63, 3.8) is 0 Å². The number of nitrogens with zero attached hydrogens (tertiary/aromatic N) is 1. The highest BCUT2D eigenvalue weighted by atomic mass is 79.9. The molecule has 1 aromatic carbocycles. The molecule has 1 heterocycles. The molecule has 27 heavy (non-hydrogen) atoms. The molecule has 0 aromatic heterocycles. The molecule has 1 aromatic rings. The number of halogens is 1. The number of ether oxygens (including phenoxy) is 1. The van der Waals surface area contributed by atoms with Gasteiger partial charge in [-0.25, -0.2) is 0 Å². The van der Waals surface area contributed by atoms with Crippen LogP contribution in [0.2, 0.25) is 0 Å². The Labute approximate surface area is 173 Å². The van der Waals surface area contributed by atoms with E-state index in [1.807, 2.05) is 31.2 Å². The van der Waals surface area contributed by atoms with Gasteiger partial charge in [-0.05, 0) is 37.1 Å². The van der Waals surface area contributed by atoms with Gasteiger partial charge in [0.2, 0.25) is 0 Å². The lowest BCUT2D eigenvalue weighted by molar-refractivity contribution is -0.145. The minimum absolute atomic E-state index is 0.104. The Bertz CT molecular complexity index is 802. The van der Waals surface area contributed by atoms with Gasteiger partial charge < -0.3 is 4.74 Å². The van der Waals surface area contributed by atoms with E-state index in [9.17, 15) is 9.59 Å². The highest BCUT2D eigenvalue weighted by Crippen LogP contribution is 2.45. The Hall–Kier alpha value is -1.40. The number of rotatable bonds is 6. The lowest BCUT2D eigenvalue weighted by atomic mass is 9.72. The summed E-state index contributed by atoms with van der Waals surface area (Å²) >= 11 is 5.35. The molecular formula is C21H24BrNO3S. The molecule has 0 spiro atoms. The van der Waals surface area contributed by atoms with Gasteiger partial charge in [-0.2, -0.15) is 11.8 Å². The lowest BCUT2D eigenvalue weighted by Crippen LogP contribution is -2.37. The first-order chi connectivity index (χ1) is 13.0. The summed E-state index contributed by atoms with van der Waals surface area (Å²) in [5, 5.41) is 0. The lowest BCUT2D eigenvalue weighted by Gasteiger charge is -2.34. The highest BCUT2D eigenvalue weighted by Gasteiger charge is 2.43. The largest absolute Gasteiger partial charge is 0.464 e. The zero-order chi connectivity index (χ0) is 19.4. The standard InChI is InChI=1S/C21H24BrNO3S/c1-3-27-12-11-26-21(25)18-13(2)23-16-9-6-10-17(24)20(16)19(18)14-7-4-5-8-15(14)22/h4-5,7-8,18-19H,3,6,9-12H2,1-2H3/t18?,19-/m0/s1. The molecule has 0 amide bonds. The number of esters is 1. The number of Topliss-reactive ketones (excluding diaryl/α,β-unsaturated/α-hetero) is 1. The maximum Gasteiger partial charge on any atom is 0.315 e. The highest BCUT2D eigenvalue weighted by molar-refractivity contribution is 9.10. The predicted octanol–water partition coefficient (Wildman–Crippen LogP) is 4.93. The van der Waals surface area contributed by atoms with Crippen molar-refractivity contribution in [2.45, 2.75) is 39.0 Å². The van der Waals surface area contributed by atoms with Crippen LogP contribution in [0.4, 0.5) is 0 Å². The number of benzene rings is 1. The van der Waals surface area contributed by atoms with Crippen molar-refractivity contribution >= 4 is 45.2 Å². The number of hydrogen-bond donors (Lipinski definition) is 0. The number of ketones is 1. The maximum absolute atomic E-state index is 13.0. The third-order valence-corrected chi connectivity index (χ3v) is 6.59. The number of carbonyl (C=O) groups is 2. The first kappa shape index (κ1) is 20.3. The van der Waals surface area contributed by atoms with Crippen LogP contribution in [-0.2, 0) is 14.3 Å². The Kier molecular flexibility index (Phi) is 6.93. The molecule has 2 atom stereocenters. The molecule has 1 unspecified atom stereocenters. The van der Waals surface area contributed by atoms with E-state index in [0.29, 0.717) is 18.6 Å². The fourth-order valence-corrected chi connectivity index (χ4v) is 4.83. The van der Waals surface area contributed by atoms with Crippen LogP contribution in [0.15, 0.2) is 45.0 Å². The van der Waals surface area contributed by atoms with Gasteiger partial charge in [0.25, 0.3) is 0 Å². The van der Waals surface area contributed by atoms with Crippen LogP contribution in [-0.4, -0.2) is 35.6 Å². The Morgan fingerprint density at radius 2 is 2.11 bits per heavy atom.